The van der Waals surface area contributed by atoms with E-state index in [9.17, 15) is 4.79 Å². The second-order valence-corrected chi connectivity index (χ2v) is 3.02. The summed E-state index contributed by atoms with van der Waals surface area (Å²) < 4.78 is 4.73. The van der Waals surface area contributed by atoms with Crippen molar-refractivity contribution in [3.8, 4) is 6.01 Å². The SMILES string of the molecule is COc1n[nH]c(NC(=O)C(C)CCl)n1. The van der Waals surface area contributed by atoms with E-state index in [0.29, 0.717) is 0 Å². The molecule has 0 bridgehead atoms. The second kappa shape index (κ2) is 4.80. The molecule has 1 rings (SSSR count). The summed E-state index contributed by atoms with van der Waals surface area (Å²) in [5, 5.41) is 8.69. The van der Waals surface area contributed by atoms with Gasteiger partial charge in [0.25, 0.3) is 0 Å². The summed E-state index contributed by atoms with van der Waals surface area (Å²) in [5.74, 6) is 0.0345. The molecule has 1 atom stereocenters. The number of aromatic nitrogens is 3. The normalized spacial score (nSPS) is 12.2. The van der Waals surface area contributed by atoms with Crippen LogP contribution < -0.4 is 10.1 Å². The van der Waals surface area contributed by atoms with Crippen LogP contribution in [0.25, 0.3) is 0 Å². The lowest BCUT2D eigenvalue weighted by Gasteiger charge is -2.05. The Kier molecular flexibility index (Phi) is 3.70. The molecule has 0 aliphatic carbocycles. The Morgan fingerprint density at radius 2 is 2.50 bits per heavy atom. The smallest absolute Gasteiger partial charge is 0.336 e. The summed E-state index contributed by atoms with van der Waals surface area (Å²) in [7, 11) is 1.44. The number of nitrogens with zero attached hydrogens (tertiary/aromatic N) is 2. The molecule has 1 unspecified atom stereocenters. The molecule has 0 fully saturated rings. The van der Waals surface area contributed by atoms with Crippen LogP contribution in [0.5, 0.6) is 6.01 Å². The maximum absolute atomic E-state index is 11.3. The van der Waals surface area contributed by atoms with Gasteiger partial charge in [0, 0.05) is 11.8 Å². The molecular formula is C7H11ClN4O2. The van der Waals surface area contributed by atoms with Gasteiger partial charge in [-0.2, -0.15) is 4.98 Å². The first-order chi connectivity index (χ1) is 6.67. The Labute approximate surface area is 86.0 Å². The van der Waals surface area contributed by atoms with Crippen molar-refractivity contribution in [1.82, 2.24) is 15.2 Å². The fourth-order valence-electron chi connectivity index (χ4n) is 0.704. The van der Waals surface area contributed by atoms with E-state index in [1.165, 1.54) is 7.11 Å². The number of H-pyrrole nitrogens is 1. The first kappa shape index (κ1) is 10.8. The van der Waals surface area contributed by atoms with Crippen LogP contribution in [0, 0.1) is 5.92 Å². The molecule has 14 heavy (non-hydrogen) atoms. The molecular weight excluding hydrogens is 208 g/mol. The average Bonchev–Trinajstić information content (AvgIpc) is 2.64. The fourth-order valence-corrected chi connectivity index (χ4v) is 0.844. The highest BCUT2D eigenvalue weighted by Crippen LogP contribution is 2.07. The van der Waals surface area contributed by atoms with Crippen LogP contribution in [0.2, 0.25) is 0 Å². The van der Waals surface area contributed by atoms with Gasteiger partial charge in [0.05, 0.1) is 7.11 Å². The number of aromatic amines is 1. The molecule has 6 nitrogen and oxygen atoms in total. The molecule has 0 radical (unpaired) electrons. The zero-order valence-electron chi connectivity index (χ0n) is 7.87. The summed E-state index contributed by atoms with van der Waals surface area (Å²) in [4.78, 5) is 15.1. The molecule has 7 heteroatoms. The Morgan fingerprint density at radius 1 is 1.79 bits per heavy atom. The number of nitrogens with one attached hydrogen (secondary N) is 2. The Morgan fingerprint density at radius 3 is 3.00 bits per heavy atom. The van der Waals surface area contributed by atoms with Crippen molar-refractivity contribution < 1.29 is 9.53 Å². The van der Waals surface area contributed by atoms with Gasteiger partial charge in [-0.25, -0.2) is 5.10 Å². The maximum atomic E-state index is 11.3. The van der Waals surface area contributed by atoms with E-state index in [4.69, 9.17) is 16.3 Å². The molecule has 1 aromatic rings. The largest absolute Gasteiger partial charge is 0.466 e. The number of alkyl halides is 1. The van der Waals surface area contributed by atoms with E-state index in [2.05, 4.69) is 20.5 Å². The summed E-state index contributed by atoms with van der Waals surface area (Å²) >= 11 is 5.51. The van der Waals surface area contributed by atoms with E-state index in [1.807, 2.05) is 0 Å². The van der Waals surface area contributed by atoms with Crippen LogP contribution in [0.1, 0.15) is 6.92 Å². The molecule has 0 aliphatic heterocycles. The third-order valence-electron chi connectivity index (χ3n) is 1.57. The molecule has 0 saturated heterocycles. The molecule has 1 heterocycles. The molecule has 0 aromatic carbocycles. The van der Waals surface area contributed by atoms with Crippen molar-refractivity contribution in [3.63, 3.8) is 0 Å². The first-order valence-electron chi connectivity index (χ1n) is 4.00. The summed E-state index contributed by atoms with van der Waals surface area (Å²) in [5.41, 5.74) is 0. The maximum Gasteiger partial charge on any atom is 0.336 e. The number of rotatable bonds is 4. The number of anilines is 1. The van der Waals surface area contributed by atoms with Crippen molar-refractivity contribution in [2.45, 2.75) is 6.92 Å². The van der Waals surface area contributed by atoms with Gasteiger partial charge in [-0.15, -0.1) is 16.7 Å². The number of halogens is 1. The number of ether oxygens (including phenoxy) is 1. The average molecular weight is 219 g/mol. The van der Waals surface area contributed by atoms with Crippen LogP contribution >= 0.6 is 11.6 Å². The van der Waals surface area contributed by atoms with Gasteiger partial charge in [-0.05, 0) is 0 Å². The Balaban J connectivity index is 2.56. The topological polar surface area (TPSA) is 79.9 Å². The predicted molar refractivity (Wildman–Crippen MR) is 51.4 cm³/mol. The van der Waals surface area contributed by atoms with Crippen molar-refractivity contribution >= 4 is 23.5 Å². The quantitative estimate of drug-likeness (QED) is 0.727. The lowest BCUT2D eigenvalue weighted by molar-refractivity contribution is -0.118. The standard InChI is InChI=1S/C7H11ClN4O2/c1-4(3-8)5(13)9-6-10-7(14-2)12-11-6/h4H,3H2,1-2H3,(H2,9,10,11,12,13). The van der Waals surface area contributed by atoms with Crippen molar-refractivity contribution in [1.29, 1.82) is 0 Å². The van der Waals surface area contributed by atoms with Gasteiger partial charge in [-0.3, -0.25) is 10.1 Å². The highest BCUT2D eigenvalue weighted by Gasteiger charge is 2.13. The van der Waals surface area contributed by atoms with Crippen LogP contribution in [0.4, 0.5) is 5.95 Å². The fraction of sp³-hybridized carbons (Fsp3) is 0.571. The lowest BCUT2D eigenvalue weighted by atomic mass is 10.2. The van der Waals surface area contributed by atoms with Crippen LogP contribution in [-0.2, 0) is 4.79 Å². The van der Waals surface area contributed by atoms with Gasteiger partial charge in [-0.1, -0.05) is 6.92 Å². The Bertz CT molecular complexity index is 314. The molecule has 0 aliphatic rings. The highest BCUT2D eigenvalue weighted by molar-refractivity contribution is 6.19. The van der Waals surface area contributed by atoms with Crippen molar-refractivity contribution in [2.75, 3.05) is 18.3 Å². The molecule has 78 valence electrons. The molecule has 2 N–H and O–H groups in total. The second-order valence-electron chi connectivity index (χ2n) is 2.72. The predicted octanol–water partition coefficient (Wildman–Crippen LogP) is 0.627. The minimum absolute atomic E-state index is 0.179. The monoisotopic (exact) mass is 218 g/mol. The number of carbonyl (C=O) groups excluding carboxylic acids is 1. The summed E-state index contributed by atoms with van der Waals surface area (Å²) in [6.07, 6.45) is 0. The number of amides is 1. The third kappa shape index (κ3) is 2.59. The molecule has 1 aromatic heterocycles. The number of methoxy groups -OCH3 is 1. The third-order valence-corrected chi connectivity index (χ3v) is 2.03. The van der Waals surface area contributed by atoms with Gasteiger partial charge >= 0.3 is 6.01 Å². The van der Waals surface area contributed by atoms with Gasteiger partial charge in [0.2, 0.25) is 11.9 Å². The molecule has 0 saturated carbocycles. The van der Waals surface area contributed by atoms with Gasteiger partial charge in [0.15, 0.2) is 0 Å². The van der Waals surface area contributed by atoms with E-state index in [1.54, 1.807) is 6.92 Å². The van der Waals surface area contributed by atoms with Crippen molar-refractivity contribution in [3.05, 3.63) is 0 Å². The van der Waals surface area contributed by atoms with E-state index in [0.717, 1.165) is 0 Å². The summed E-state index contributed by atoms with van der Waals surface area (Å²) in [6, 6.07) is 0.179. The molecule has 0 spiro atoms. The van der Waals surface area contributed by atoms with E-state index in [-0.39, 0.29) is 29.7 Å². The summed E-state index contributed by atoms with van der Waals surface area (Å²) in [6.45, 7) is 1.72. The van der Waals surface area contributed by atoms with Crippen LogP contribution in [0.15, 0.2) is 0 Å². The first-order valence-corrected chi connectivity index (χ1v) is 4.54. The van der Waals surface area contributed by atoms with Crippen LogP contribution in [-0.4, -0.2) is 34.1 Å². The zero-order chi connectivity index (χ0) is 10.6. The zero-order valence-corrected chi connectivity index (χ0v) is 8.63. The highest BCUT2D eigenvalue weighted by atomic mass is 35.5. The Hall–Kier alpha value is -1.30. The van der Waals surface area contributed by atoms with Gasteiger partial charge < -0.3 is 4.74 Å². The van der Waals surface area contributed by atoms with Crippen molar-refractivity contribution in [2.24, 2.45) is 5.92 Å². The minimum atomic E-state index is -0.271. The van der Waals surface area contributed by atoms with Crippen LogP contribution in [0.3, 0.4) is 0 Å². The van der Waals surface area contributed by atoms with E-state index < -0.39 is 0 Å². The number of hydrogen-bond donors (Lipinski definition) is 2. The lowest BCUT2D eigenvalue weighted by Crippen LogP contribution is -2.22. The number of hydrogen-bond acceptors (Lipinski definition) is 4. The number of carbonyl (C=O) groups is 1. The minimum Gasteiger partial charge on any atom is -0.466 e. The van der Waals surface area contributed by atoms with E-state index >= 15 is 0 Å². The van der Waals surface area contributed by atoms with Gasteiger partial charge in [0.1, 0.15) is 0 Å². The molecule has 1 amide bonds.